The van der Waals surface area contributed by atoms with E-state index in [1.54, 1.807) is 0 Å². The van der Waals surface area contributed by atoms with Crippen molar-refractivity contribution in [1.29, 1.82) is 0 Å². The van der Waals surface area contributed by atoms with Crippen molar-refractivity contribution >= 4 is 5.91 Å². The predicted molar refractivity (Wildman–Crippen MR) is 59.7 cm³/mol. The molecule has 0 fully saturated rings. The van der Waals surface area contributed by atoms with Gasteiger partial charge in [0.15, 0.2) is 6.67 Å². The minimum Gasteiger partial charge on any atom is -0.314 e. The van der Waals surface area contributed by atoms with Crippen molar-refractivity contribution in [3.05, 3.63) is 12.2 Å². The molecule has 0 spiro atoms. The molecule has 3 nitrogen and oxygen atoms in total. The number of rotatable bonds is 6. The van der Waals surface area contributed by atoms with Crippen molar-refractivity contribution < 1.29 is 9.28 Å². The van der Waals surface area contributed by atoms with Crippen molar-refractivity contribution in [2.45, 2.75) is 26.2 Å². The first-order chi connectivity index (χ1) is 6.45. The number of nitrogens with one attached hydrogen (secondary N) is 1. The van der Waals surface area contributed by atoms with Gasteiger partial charge in [-0.05, 0) is 6.42 Å². The summed E-state index contributed by atoms with van der Waals surface area (Å²) < 4.78 is 0.754. The lowest BCUT2D eigenvalue weighted by Gasteiger charge is -2.23. The summed E-state index contributed by atoms with van der Waals surface area (Å²) in [4.78, 5) is 11.3. The zero-order chi connectivity index (χ0) is 11.0. The van der Waals surface area contributed by atoms with E-state index in [-0.39, 0.29) is 5.91 Å². The molecule has 1 N–H and O–H groups in total. The standard InChI is InChI=1S/C11H22N2O/c1-5-6-7-8-9-11(14)12-10-13(2,3)4/h7-8H,5-6,9-10H2,1-4H3/p+1/b8-7+. The fourth-order valence-corrected chi connectivity index (χ4v) is 0.872. The van der Waals surface area contributed by atoms with Crippen LogP contribution in [0.25, 0.3) is 0 Å². The molecule has 0 saturated heterocycles. The number of quaternary nitrogens is 1. The number of allylic oxidation sites excluding steroid dienone is 1. The van der Waals surface area contributed by atoms with E-state index in [1.807, 2.05) is 27.2 Å². The highest BCUT2D eigenvalue weighted by Gasteiger charge is 2.07. The second-order valence-corrected chi connectivity index (χ2v) is 4.51. The lowest BCUT2D eigenvalue weighted by molar-refractivity contribution is -0.872. The summed E-state index contributed by atoms with van der Waals surface area (Å²) in [5, 5.41) is 2.88. The van der Waals surface area contributed by atoms with Crippen LogP contribution >= 0.6 is 0 Å². The quantitative estimate of drug-likeness (QED) is 0.392. The number of carbonyl (C=O) groups is 1. The fraction of sp³-hybridized carbons (Fsp3) is 0.727. The zero-order valence-corrected chi connectivity index (χ0v) is 9.84. The molecule has 0 unspecified atom stereocenters. The van der Waals surface area contributed by atoms with E-state index in [1.165, 1.54) is 0 Å². The van der Waals surface area contributed by atoms with Gasteiger partial charge in [0.05, 0.1) is 21.1 Å². The van der Waals surface area contributed by atoms with Gasteiger partial charge >= 0.3 is 0 Å². The van der Waals surface area contributed by atoms with Crippen LogP contribution < -0.4 is 5.32 Å². The summed E-state index contributed by atoms with van der Waals surface area (Å²) in [6.07, 6.45) is 6.69. The van der Waals surface area contributed by atoms with Gasteiger partial charge in [0.25, 0.3) is 0 Å². The Hall–Kier alpha value is -0.830. The van der Waals surface area contributed by atoms with Crippen molar-refractivity contribution in [3.8, 4) is 0 Å². The van der Waals surface area contributed by atoms with E-state index in [2.05, 4.69) is 18.3 Å². The average Bonchev–Trinajstić information content (AvgIpc) is 2.08. The highest BCUT2D eigenvalue weighted by Crippen LogP contribution is 1.92. The van der Waals surface area contributed by atoms with Crippen LogP contribution in [0.15, 0.2) is 12.2 Å². The lowest BCUT2D eigenvalue weighted by Crippen LogP contribution is -2.44. The molecule has 82 valence electrons. The molecular formula is C11H23N2O+. The van der Waals surface area contributed by atoms with E-state index in [4.69, 9.17) is 0 Å². The highest BCUT2D eigenvalue weighted by atomic mass is 16.1. The minimum atomic E-state index is 0.102. The first kappa shape index (κ1) is 13.2. The van der Waals surface area contributed by atoms with Crippen molar-refractivity contribution in [3.63, 3.8) is 0 Å². The van der Waals surface area contributed by atoms with Gasteiger partial charge in [-0.3, -0.25) is 4.79 Å². The molecule has 0 bridgehead atoms. The van der Waals surface area contributed by atoms with Crippen LogP contribution in [-0.2, 0) is 4.79 Å². The van der Waals surface area contributed by atoms with Gasteiger partial charge in [-0.1, -0.05) is 25.5 Å². The monoisotopic (exact) mass is 199 g/mol. The van der Waals surface area contributed by atoms with Gasteiger partial charge < -0.3 is 9.80 Å². The van der Waals surface area contributed by atoms with Gasteiger partial charge in [0, 0.05) is 6.42 Å². The molecule has 0 aliphatic heterocycles. The van der Waals surface area contributed by atoms with Crippen LogP contribution in [0.2, 0.25) is 0 Å². The van der Waals surface area contributed by atoms with Gasteiger partial charge in [-0.15, -0.1) is 0 Å². The number of hydrogen-bond donors (Lipinski definition) is 1. The molecule has 0 atom stereocenters. The van der Waals surface area contributed by atoms with Crippen LogP contribution in [0.3, 0.4) is 0 Å². The summed E-state index contributed by atoms with van der Waals surface area (Å²) in [7, 11) is 6.15. The van der Waals surface area contributed by atoms with Crippen LogP contribution in [0.1, 0.15) is 26.2 Å². The molecule has 3 heteroatoms. The van der Waals surface area contributed by atoms with Crippen LogP contribution in [-0.4, -0.2) is 38.2 Å². The zero-order valence-electron chi connectivity index (χ0n) is 9.84. The molecule has 0 aromatic rings. The molecule has 0 heterocycles. The van der Waals surface area contributed by atoms with E-state index < -0.39 is 0 Å². The largest absolute Gasteiger partial charge is 0.314 e. The molecular weight excluding hydrogens is 176 g/mol. The molecule has 0 aliphatic carbocycles. The van der Waals surface area contributed by atoms with Crippen molar-refractivity contribution in [2.24, 2.45) is 0 Å². The van der Waals surface area contributed by atoms with E-state index >= 15 is 0 Å². The third-order valence-corrected chi connectivity index (χ3v) is 1.68. The second-order valence-electron chi connectivity index (χ2n) is 4.51. The first-order valence-electron chi connectivity index (χ1n) is 5.18. The SMILES string of the molecule is CCC/C=C/CC(=O)NC[N+](C)(C)C. The van der Waals surface area contributed by atoms with Crippen LogP contribution in [0, 0.1) is 0 Å². The molecule has 1 amide bonds. The molecule has 0 radical (unpaired) electrons. The third kappa shape index (κ3) is 9.26. The topological polar surface area (TPSA) is 29.1 Å². The maximum absolute atomic E-state index is 11.3. The summed E-state index contributed by atoms with van der Waals surface area (Å²) in [5.74, 6) is 0.102. The summed E-state index contributed by atoms with van der Waals surface area (Å²) in [6, 6.07) is 0. The van der Waals surface area contributed by atoms with Crippen molar-refractivity contribution in [1.82, 2.24) is 5.32 Å². The normalized spacial score (nSPS) is 12.0. The van der Waals surface area contributed by atoms with Gasteiger partial charge in [-0.2, -0.15) is 0 Å². The third-order valence-electron chi connectivity index (χ3n) is 1.68. The molecule has 0 rings (SSSR count). The summed E-state index contributed by atoms with van der Waals surface area (Å²) in [6.45, 7) is 2.81. The number of nitrogens with zero attached hydrogens (tertiary/aromatic N) is 1. The Labute approximate surface area is 87.4 Å². The Morgan fingerprint density at radius 2 is 1.93 bits per heavy atom. The summed E-state index contributed by atoms with van der Waals surface area (Å²) in [5.41, 5.74) is 0. The Bertz CT molecular complexity index is 192. The Kier molecular flexibility index (Phi) is 6.21. The second kappa shape index (κ2) is 6.60. The fourth-order valence-electron chi connectivity index (χ4n) is 0.872. The number of unbranched alkanes of at least 4 members (excludes halogenated alkanes) is 1. The first-order valence-corrected chi connectivity index (χ1v) is 5.18. The van der Waals surface area contributed by atoms with E-state index in [0.717, 1.165) is 17.3 Å². The minimum absolute atomic E-state index is 0.102. The Morgan fingerprint density at radius 3 is 2.43 bits per heavy atom. The summed E-state index contributed by atoms with van der Waals surface area (Å²) >= 11 is 0. The molecule has 0 aromatic heterocycles. The number of amides is 1. The lowest BCUT2D eigenvalue weighted by atomic mass is 10.3. The predicted octanol–water partition coefficient (Wildman–Crippen LogP) is 1.51. The average molecular weight is 199 g/mol. The molecule has 0 aromatic carbocycles. The van der Waals surface area contributed by atoms with Gasteiger partial charge in [0.2, 0.25) is 5.91 Å². The van der Waals surface area contributed by atoms with Gasteiger partial charge in [-0.25, -0.2) is 0 Å². The Morgan fingerprint density at radius 1 is 1.29 bits per heavy atom. The maximum Gasteiger partial charge on any atom is 0.228 e. The molecule has 0 aliphatic rings. The number of carbonyl (C=O) groups excluding carboxylic acids is 1. The molecule has 14 heavy (non-hydrogen) atoms. The number of hydrogen-bond acceptors (Lipinski definition) is 1. The smallest absolute Gasteiger partial charge is 0.228 e. The van der Waals surface area contributed by atoms with Gasteiger partial charge in [0.1, 0.15) is 0 Å². The highest BCUT2D eigenvalue weighted by molar-refractivity contribution is 5.77. The van der Waals surface area contributed by atoms with Crippen molar-refractivity contribution in [2.75, 3.05) is 27.8 Å². The van der Waals surface area contributed by atoms with Crippen LogP contribution in [0.4, 0.5) is 0 Å². The van der Waals surface area contributed by atoms with Crippen LogP contribution in [0.5, 0.6) is 0 Å². The van der Waals surface area contributed by atoms with E-state index in [0.29, 0.717) is 13.1 Å². The maximum atomic E-state index is 11.3. The van der Waals surface area contributed by atoms with E-state index in [9.17, 15) is 4.79 Å². The molecule has 0 saturated carbocycles. The Balaban J connectivity index is 3.56.